The Morgan fingerprint density at radius 3 is 2.62 bits per heavy atom. The van der Waals surface area contributed by atoms with Crippen LogP contribution in [0, 0.1) is 0 Å². The zero-order valence-corrected chi connectivity index (χ0v) is 15.9. The fourth-order valence-corrected chi connectivity index (χ4v) is 4.05. The number of nitrogens with zero attached hydrogens (tertiary/aromatic N) is 2. The normalized spacial score (nSPS) is 11.6. The highest BCUT2D eigenvalue weighted by Crippen LogP contribution is 2.33. The summed E-state index contributed by atoms with van der Waals surface area (Å²) in [6.07, 6.45) is 0. The molecule has 3 aromatic rings. The van der Waals surface area contributed by atoms with Crippen LogP contribution in [0.1, 0.15) is 6.92 Å². The monoisotopic (exact) mass is 386 g/mol. The molecule has 2 aromatic carbocycles. The molecule has 26 heavy (non-hydrogen) atoms. The van der Waals surface area contributed by atoms with Gasteiger partial charge in [0.05, 0.1) is 18.0 Å². The molecule has 0 spiro atoms. The molecule has 1 heterocycles. The van der Waals surface area contributed by atoms with Crippen LogP contribution < -0.4 is 15.4 Å². The second-order valence-electron chi connectivity index (χ2n) is 5.31. The molecule has 0 fully saturated rings. The van der Waals surface area contributed by atoms with Crippen LogP contribution in [0.2, 0.25) is 0 Å². The Labute approximate surface area is 160 Å². The number of para-hydroxylation sites is 3. The van der Waals surface area contributed by atoms with Gasteiger partial charge in [-0.05, 0) is 31.2 Å². The maximum absolute atomic E-state index is 12.3. The molecule has 0 aliphatic carbocycles. The molecule has 2 N–H and O–H groups in total. The summed E-state index contributed by atoms with van der Waals surface area (Å²) < 4.78 is 6.03. The van der Waals surface area contributed by atoms with Gasteiger partial charge < -0.3 is 15.4 Å². The van der Waals surface area contributed by atoms with Gasteiger partial charge >= 0.3 is 0 Å². The van der Waals surface area contributed by atoms with Gasteiger partial charge in [-0.1, -0.05) is 53.4 Å². The van der Waals surface area contributed by atoms with Gasteiger partial charge in [0, 0.05) is 5.69 Å². The number of benzene rings is 2. The van der Waals surface area contributed by atoms with Crippen molar-refractivity contribution >= 4 is 45.5 Å². The minimum atomic E-state index is -0.290. The van der Waals surface area contributed by atoms with Crippen LogP contribution in [0.15, 0.2) is 58.9 Å². The van der Waals surface area contributed by atoms with E-state index >= 15 is 0 Å². The molecule has 0 saturated carbocycles. The van der Waals surface area contributed by atoms with Crippen LogP contribution in [-0.2, 0) is 4.79 Å². The number of anilines is 3. The van der Waals surface area contributed by atoms with Crippen LogP contribution in [-0.4, -0.2) is 28.5 Å². The van der Waals surface area contributed by atoms with E-state index in [0.717, 1.165) is 21.5 Å². The van der Waals surface area contributed by atoms with Gasteiger partial charge in [0.25, 0.3) is 0 Å². The van der Waals surface area contributed by atoms with Crippen molar-refractivity contribution in [2.45, 2.75) is 16.5 Å². The Kier molecular flexibility index (Phi) is 6.08. The van der Waals surface area contributed by atoms with Crippen LogP contribution in [0.3, 0.4) is 0 Å². The predicted molar refractivity (Wildman–Crippen MR) is 107 cm³/mol. The first kappa shape index (κ1) is 18.2. The zero-order chi connectivity index (χ0) is 18.4. The molecule has 6 nitrogen and oxygen atoms in total. The second kappa shape index (κ2) is 8.68. The summed E-state index contributed by atoms with van der Waals surface area (Å²) in [5.41, 5.74) is 1.60. The summed E-state index contributed by atoms with van der Waals surface area (Å²) in [5.74, 6) is 0.656. The Bertz CT molecular complexity index is 870. The molecule has 1 aromatic heterocycles. The number of methoxy groups -OCH3 is 1. The van der Waals surface area contributed by atoms with E-state index in [4.69, 9.17) is 4.74 Å². The van der Waals surface area contributed by atoms with Crippen LogP contribution in [0.25, 0.3) is 0 Å². The van der Waals surface area contributed by atoms with Gasteiger partial charge in [0.15, 0.2) is 4.34 Å². The number of hydrogen-bond acceptors (Lipinski definition) is 7. The van der Waals surface area contributed by atoms with E-state index < -0.39 is 0 Å². The highest BCUT2D eigenvalue weighted by atomic mass is 32.2. The van der Waals surface area contributed by atoms with Gasteiger partial charge in [-0.2, -0.15) is 0 Å². The summed E-state index contributed by atoms with van der Waals surface area (Å²) in [5, 5.41) is 14.7. The summed E-state index contributed by atoms with van der Waals surface area (Å²) in [6.45, 7) is 1.84. The summed E-state index contributed by atoms with van der Waals surface area (Å²) in [6, 6.07) is 17.0. The average Bonchev–Trinajstić information content (AvgIpc) is 3.09. The third-order valence-electron chi connectivity index (χ3n) is 3.44. The molecular formula is C18H18N4O2S2. The Balaban J connectivity index is 1.60. The maximum Gasteiger partial charge on any atom is 0.237 e. The largest absolute Gasteiger partial charge is 0.495 e. The van der Waals surface area contributed by atoms with Crippen LogP contribution in [0.5, 0.6) is 5.75 Å². The van der Waals surface area contributed by atoms with Crippen molar-refractivity contribution in [1.82, 2.24) is 10.2 Å². The molecule has 1 amide bonds. The Morgan fingerprint density at radius 2 is 1.85 bits per heavy atom. The zero-order valence-electron chi connectivity index (χ0n) is 14.3. The quantitative estimate of drug-likeness (QED) is 0.586. The number of carbonyl (C=O) groups excluding carboxylic acids is 1. The minimum Gasteiger partial charge on any atom is -0.495 e. The van der Waals surface area contributed by atoms with Crippen LogP contribution in [0.4, 0.5) is 16.5 Å². The lowest BCUT2D eigenvalue weighted by atomic mass is 10.3. The topological polar surface area (TPSA) is 76.1 Å². The third kappa shape index (κ3) is 4.74. The van der Waals surface area contributed by atoms with Crippen molar-refractivity contribution in [1.29, 1.82) is 0 Å². The van der Waals surface area contributed by atoms with E-state index in [1.807, 2.05) is 61.5 Å². The lowest BCUT2D eigenvalue weighted by molar-refractivity contribution is -0.115. The molecular weight excluding hydrogens is 368 g/mol. The molecule has 0 bridgehead atoms. The first-order chi connectivity index (χ1) is 12.7. The molecule has 1 atom stereocenters. The number of thioether (sulfide) groups is 1. The number of nitrogens with one attached hydrogen (secondary N) is 2. The third-order valence-corrected chi connectivity index (χ3v) is 5.47. The molecule has 0 radical (unpaired) electrons. The van der Waals surface area contributed by atoms with E-state index in [1.165, 1.54) is 23.1 Å². The van der Waals surface area contributed by atoms with Gasteiger partial charge in [-0.25, -0.2) is 0 Å². The average molecular weight is 387 g/mol. The smallest absolute Gasteiger partial charge is 0.237 e. The number of ether oxygens (including phenoxy) is 1. The summed E-state index contributed by atoms with van der Waals surface area (Å²) in [4.78, 5) is 12.3. The van der Waals surface area contributed by atoms with Gasteiger partial charge in [0.1, 0.15) is 5.75 Å². The molecule has 3 rings (SSSR count). The molecule has 0 unspecified atom stereocenters. The molecule has 0 aliphatic heterocycles. The van der Waals surface area contributed by atoms with E-state index in [-0.39, 0.29) is 11.2 Å². The second-order valence-corrected chi connectivity index (χ2v) is 7.88. The van der Waals surface area contributed by atoms with E-state index in [9.17, 15) is 4.79 Å². The number of hydrogen-bond donors (Lipinski definition) is 2. The van der Waals surface area contributed by atoms with Gasteiger partial charge in [-0.15, -0.1) is 10.2 Å². The molecule has 0 aliphatic rings. The van der Waals surface area contributed by atoms with E-state index in [1.54, 1.807) is 7.11 Å². The lowest BCUT2D eigenvalue weighted by Gasteiger charge is -2.10. The first-order valence-electron chi connectivity index (χ1n) is 7.92. The SMILES string of the molecule is COc1ccccc1Nc1nnc(S[C@@H](C)C(=O)Nc2ccccc2)s1. The van der Waals surface area contributed by atoms with Gasteiger partial charge in [0.2, 0.25) is 11.0 Å². The number of carbonyl (C=O) groups is 1. The highest BCUT2D eigenvalue weighted by Gasteiger charge is 2.17. The van der Waals surface area contributed by atoms with Crippen molar-refractivity contribution in [3.63, 3.8) is 0 Å². The Hall–Kier alpha value is -2.58. The lowest BCUT2D eigenvalue weighted by Crippen LogP contribution is -2.22. The highest BCUT2D eigenvalue weighted by molar-refractivity contribution is 8.02. The fourth-order valence-electron chi connectivity index (χ4n) is 2.14. The molecule has 134 valence electrons. The molecule has 8 heteroatoms. The number of aromatic nitrogens is 2. The van der Waals surface area contributed by atoms with Crippen molar-refractivity contribution in [3.05, 3.63) is 54.6 Å². The standard InChI is InChI=1S/C18H18N4O2S2/c1-12(16(23)19-13-8-4-3-5-9-13)25-18-22-21-17(26-18)20-14-10-6-7-11-15(14)24-2/h3-12H,1-2H3,(H,19,23)(H,20,21)/t12-/m0/s1. The summed E-state index contributed by atoms with van der Waals surface area (Å²) >= 11 is 2.77. The van der Waals surface area contributed by atoms with E-state index in [0.29, 0.717) is 5.13 Å². The number of amides is 1. The first-order valence-corrected chi connectivity index (χ1v) is 9.61. The van der Waals surface area contributed by atoms with Gasteiger partial charge in [-0.3, -0.25) is 4.79 Å². The minimum absolute atomic E-state index is 0.0735. The van der Waals surface area contributed by atoms with Crippen molar-refractivity contribution in [3.8, 4) is 5.75 Å². The Morgan fingerprint density at radius 1 is 1.12 bits per heavy atom. The van der Waals surface area contributed by atoms with Crippen molar-refractivity contribution in [2.24, 2.45) is 0 Å². The number of rotatable bonds is 7. The fraction of sp³-hybridized carbons (Fsp3) is 0.167. The summed E-state index contributed by atoms with van der Waals surface area (Å²) in [7, 11) is 1.62. The van der Waals surface area contributed by atoms with Crippen molar-refractivity contribution in [2.75, 3.05) is 17.7 Å². The predicted octanol–water partition coefficient (Wildman–Crippen LogP) is 4.41. The molecule has 0 saturated heterocycles. The van der Waals surface area contributed by atoms with E-state index in [2.05, 4.69) is 20.8 Å². The van der Waals surface area contributed by atoms with Crippen molar-refractivity contribution < 1.29 is 9.53 Å². The van der Waals surface area contributed by atoms with Crippen LogP contribution >= 0.6 is 23.1 Å². The maximum atomic E-state index is 12.3.